The summed E-state index contributed by atoms with van der Waals surface area (Å²) in [6.45, 7) is 9.45. The fourth-order valence-electron chi connectivity index (χ4n) is 1.77. The molecule has 0 saturated heterocycles. The number of amides is 1. The Morgan fingerprint density at radius 1 is 1.45 bits per heavy atom. The molecular weight excluding hydrogens is 274 g/mol. The molecule has 1 rings (SSSR count). The molecule has 1 aliphatic carbocycles. The predicted molar refractivity (Wildman–Crippen MR) is 82.7 cm³/mol. The third-order valence-electron chi connectivity index (χ3n) is 2.94. The second-order valence-electron chi connectivity index (χ2n) is 6.23. The predicted octanol–water partition coefficient (Wildman–Crippen LogP) is 3.37. The topological polar surface area (TPSA) is 55.4 Å². The molecule has 20 heavy (non-hydrogen) atoms. The molecule has 1 saturated carbocycles. The van der Waals surface area contributed by atoms with E-state index in [0.29, 0.717) is 11.7 Å². The molecule has 2 unspecified atom stereocenters. The summed E-state index contributed by atoms with van der Waals surface area (Å²) in [6, 6.07) is -0.183. The fraction of sp³-hybridized carbons (Fsp3) is 0.733. The van der Waals surface area contributed by atoms with E-state index in [4.69, 9.17) is 4.74 Å². The minimum absolute atomic E-state index is 0.183. The second-order valence-corrected chi connectivity index (χ2v) is 7.25. The molecule has 1 aliphatic rings. The molecule has 5 heteroatoms. The van der Waals surface area contributed by atoms with Gasteiger partial charge in [-0.25, -0.2) is 4.79 Å². The van der Waals surface area contributed by atoms with E-state index in [-0.39, 0.29) is 17.1 Å². The van der Waals surface area contributed by atoms with Crippen LogP contribution in [0.25, 0.3) is 0 Å². The minimum Gasteiger partial charge on any atom is -0.444 e. The van der Waals surface area contributed by atoms with Gasteiger partial charge in [0.05, 0.1) is 6.04 Å². The van der Waals surface area contributed by atoms with Gasteiger partial charge in [0.2, 0.25) is 0 Å². The third-order valence-corrected chi connectivity index (χ3v) is 4.06. The van der Waals surface area contributed by atoms with E-state index < -0.39 is 11.7 Å². The quantitative estimate of drug-likeness (QED) is 0.791. The highest BCUT2D eigenvalue weighted by atomic mass is 32.2. The summed E-state index contributed by atoms with van der Waals surface area (Å²) in [5.41, 5.74) is -0.517. The molecule has 0 radical (unpaired) electrons. The largest absolute Gasteiger partial charge is 0.444 e. The number of allylic oxidation sites excluding steroid dienone is 1. The van der Waals surface area contributed by atoms with Crippen LogP contribution in [0.3, 0.4) is 0 Å². The maximum Gasteiger partial charge on any atom is 0.408 e. The molecule has 3 atom stereocenters. The van der Waals surface area contributed by atoms with Crippen molar-refractivity contribution in [2.45, 2.75) is 52.7 Å². The van der Waals surface area contributed by atoms with Gasteiger partial charge in [-0.15, -0.1) is 0 Å². The SMILES string of the molecule is C/C=C\[C@H](CSC(=O)C1CC1C)NC(=O)OC(C)(C)C. The Hall–Kier alpha value is -0.970. The van der Waals surface area contributed by atoms with Gasteiger partial charge in [-0.1, -0.05) is 30.8 Å². The van der Waals surface area contributed by atoms with Crippen LogP contribution in [0.4, 0.5) is 4.79 Å². The second kappa shape index (κ2) is 7.16. The zero-order valence-corrected chi connectivity index (χ0v) is 13.8. The lowest BCUT2D eigenvalue weighted by atomic mass is 10.2. The molecule has 0 bridgehead atoms. The molecule has 0 aromatic heterocycles. The van der Waals surface area contributed by atoms with E-state index in [2.05, 4.69) is 12.2 Å². The third kappa shape index (κ3) is 6.46. The standard InChI is InChI=1S/C15H25NO3S/c1-6-7-11(16-14(18)19-15(3,4)5)9-20-13(17)12-8-10(12)2/h6-7,10-12H,8-9H2,1-5H3,(H,16,18)/b7-6-/t10?,11-,12?/m1/s1. The molecule has 0 heterocycles. The van der Waals surface area contributed by atoms with Gasteiger partial charge in [-0.05, 0) is 40.0 Å². The highest BCUT2D eigenvalue weighted by Crippen LogP contribution is 2.41. The van der Waals surface area contributed by atoms with Crippen molar-refractivity contribution >= 4 is 23.0 Å². The van der Waals surface area contributed by atoms with Gasteiger partial charge in [-0.2, -0.15) is 0 Å². The van der Waals surface area contributed by atoms with Crippen molar-refractivity contribution in [2.75, 3.05) is 5.75 Å². The van der Waals surface area contributed by atoms with E-state index >= 15 is 0 Å². The maximum atomic E-state index is 11.8. The normalized spacial score (nSPS) is 23.4. The summed E-state index contributed by atoms with van der Waals surface area (Å²) in [4.78, 5) is 23.6. The monoisotopic (exact) mass is 299 g/mol. The molecule has 0 aromatic rings. The minimum atomic E-state index is -0.517. The Morgan fingerprint density at radius 3 is 2.50 bits per heavy atom. The number of ether oxygens (including phenoxy) is 1. The van der Waals surface area contributed by atoms with Crippen molar-refractivity contribution in [3.05, 3.63) is 12.2 Å². The molecule has 114 valence electrons. The van der Waals surface area contributed by atoms with Gasteiger partial charge in [0.1, 0.15) is 5.60 Å². The van der Waals surface area contributed by atoms with Gasteiger partial charge in [-0.3, -0.25) is 4.79 Å². The molecule has 1 amide bonds. The van der Waals surface area contributed by atoms with Crippen LogP contribution in [0.1, 0.15) is 41.0 Å². The van der Waals surface area contributed by atoms with Crippen LogP contribution >= 0.6 is 11.8 Å². The van der Waals surface area contributed by atoms with Gasteiger partial charge in [0.25, 0.3) is 0 Å². The van der Waals surface area contributed by atoms with Gasteiger partial charge in [0.15, 0.2) is 5.12 Å². The molecule has 0 spiro atoms. The van der Waals surface area contributed by atoms with Crippen molar-refractivity contribution in [1.82, 2.24) is 5.32 Å². The number of carbonyl (C=O) groups is 2. The molecule has 4 nitrogen and oxygen atoms in total. The van der Waals surface area contributed by atoms with Gasteiger partial charge in [0, 0.05) is 11.7 Å². The Kier molecular flexibility index (Phi) is 6.11. The van der Waals surface area contributed by atoms with Crippen LogP contribution in [-0.2, 0) is 9.53 Å². The first-order valence-corrected chi connectivity index (χ1v) is 8.00. The summed E-state index contributed by atoms with van der Waals surface area (Å²) >= 11 is 1.30. The number of thioether (sulfide) groups is 1. The van der Waals surface area contributed by atoms with Gasteiger partial charge < -0.3 is 10.1 Å². The van der Waals surface area contributed by atoms with Crippen molar-refractivity contribution < 1.29 is 14.3 Å². The Labute approximate surface area is 125 Å². The van der Waals surface area contributed by atoms with Crippen molar-refractivity contribution in [2.24, 2.45) is 11.8 Å². The lowest BCUT2D eigenvalue weighted by Gasteiger charge is -2.22. The van der Waals surface area contributed by atoms with Crippen LogP contribution in [0, 0.1) is 11.8 Å². The average molecular weight is 299 g/mol. The highest BCUT2D eigenvalue weighted by molar-refractivity contribution is 8.13. The van der Waals surface area contributed by atoms with Crippen molar-refractivity contribution in [3.63, 3.8) is 0 Å². The summed E-state index contributed by atoms with van der Waals surface area (Å²) in [6.07, 6.45) is 4.29. The van der Waals surface area contributed by atoms with Crippen LogP contribution in [-0.4, -0.2) is 28.6 Å². The lowest BCUT2D eigenvalue weighted by Crippen LogP contribution is -2.39. The Morgan fingerprint density at radius 2 is 2.05 bits per heavy atom. The van der Waals surface area contributed by atoms with E-state index in [1.807, 2.05) is 39.8 Å². The van der Waals surface area contributed by atoms with E-state index in [9.17, 15) is 9.59 Å². The average Bonchev–Trinajstić information content (AvgIpc) is 3.00. The van der Waals surface area contributed by atoms with Crippen LogP contribution in [0.15, 0.2) is 12.2 Å². The lowest BCUT2D eigenvalue weighted by molar-refractivity contribution is -0.112. The van der Waals surface area contributed by atoms with Crippen LogP contribution < -0.4 is 5.32 Å². The summed E-state index contributed by atoms with van der Waals surface area (Å²) in [5, 5.41) is 3.01. The first kappa shape index (κ1) is 17.1. The van der Waals surface area contributed by atoms with Crippen molar-refractivity contribution in [3.8, 4) is 0 Å². The van der Waals surface area contributed by atoms with Crippen LogP contribution in [0.5, 0.6) is 0 Å². The molecule has 0 aliphatic heterocycles. The fourth-order valence-corrected chi connectivity index (χ4v) is 2.85. The summed E-state index contributed by atoms with van der Waals surface area (Å²) in [5.74, 6) is 1.29. The van der Waals surface area contributed by atoms with Crippen LogP contribution in [0.2, 0.25) is 0 Å². The van der Waals surface area contributed by atoms with E-state index in [0.717, 1.165) is 6.42 Å². The number of hydrogen-bond acceptors (Lipinski definition) is 4. The number of rotatable bonds is 5. The molecule has 1 N–H and O–H groups in total. The summed E-state index contributed by atoms with van der Waals surface area (Å²) < 4.78 is 5.22. The highest BCUT2D eigenvalue weighted by Gasteiger charge is 2.39. The number of carbonyl (C=O) groups excluding carboxylic acids is 2. The van der Waals surface area contributed by atoms with E-state index in [1.165, 1.54) is 11.8 Å². The maximum absolute atomic E-state index is 11.8. The van der Waals surface area contributed by atoms with Gasteiger partial charge >= 0.3 is 6.09 Å². The first-order chi connectivity index (χ1) is 9.23. The number of nitrogens with one attached hydrogen (secondary N) is 1. The van der Waals surface area contributed by atoms with E-state index in [1.54, 1.807) is 0 Å². The number of hydrogen-bond donors (Lipinski definition) is 1. The smallest absolute Gasteiger partial charge is 0.408 e. The molecule has 1 fully saturated rings. The Bertz CT molecular complexity index is 387. The first-order valence-electron chi connectivity index (χ1n) is 7.02. The zero-order chi connectivity index (χ0) is 15.3. The molecule has 0 aromatic carbocycles. The van der Waals surface area contributed by atoms with Crippen molar-refractivity contribution in [1.29, 1.82) is 0 Å². The molecular formula is C15H25NO3S. The summed E-state index contributed by atoms with van der Waals surface area (Å²) in [7, 11) is 0. The zero-order valence-electron chi connectivity index (χ0n) is 12.9. The number of alkyl carbamates (subject to hydrolysis) is 1. The Balaban J connectivity index is 2.40.